The minimum atomic E-state index is -0.579. The van der Waals surface area contributed by atoms with Crippen LogP contribution in [0.4, 0.5) is 5.13 Å². The molecule has 7 heteroatoms. The van der Waals surface area contributed by atoms with Crippen LogP contribution in [0.25, 0.3) is 10.6 Å². The Hall–Kier alpha value is -2.28. The summed E-state index contributed by atoms with van der Waals surface area (Å²) in [7, 11) is 0. The minimum absolute atomic E-state index is 0.0278. The first-order valence-corrected chi connectivity index (χ1v) is 9.27. The summed E-state index contributed by atoms with van der Waals surface area (Å²) < 4.78 is 0. The molecule has 1 aromatic heterocycles. The molecule has 2 atom stereocenters. The van der Waals surface area contributed by atoms with Crippen molar-refractivity contribution in [2.75, 3.05) is 5.32 Å². The fourth-order valence-electron chi connectivity index (χ4n) is 2.25. The lowest BCUT2D eigenvalue weighted by Gasteiger charge is -2.22. The third kappa shape index (κ3) is 5.09. The molecule has 2 rings (SSSR count). The number of aryl methyl sites for hydroxylation is 1. The Labute approximate surface area is 152 Å². The van der Waals surface area contributed by atoms with Crippen molar-refractivity contribution >= 4 is 28.3 Å². The predicted molar refractivity (Wildman–Crippen MR) is 100 cm³/mol. The lowest BCUT2D eigenvalue weighted by atomic mass is 9.98. The minimum Gasteiger partial charge on any atom is -0.344 e. The van der Waals surface area contributed by atoms with Gasteiger partial charge in [-0.25, -0.2) is 0 Å². The first-order chi connectivity index (χ1) is 11.9. The number of anilines is 1. The highest BCUT2D eigenvalue weighted by Gasteiger charge is 2.26. The Morgan fingerprint density at radius 3 is 2.44 bits per heavy atom. The second-order valence-electron chi connectivity index (χ2n) is 6.05. The zero-order valence-corrected chi connectivity index (χ0v) is 15.8. The molecule has 0 aliphatic rings. The Morgan fingerprint density at radius 1 is 1.16 bits per heavy atom. The van der Waals surface area contributed by atoms with Crippen LogP contribution in [-0.2, 0) is 9.59 Å². The fourth-order valence-corrected chi connectivity index (χ4v) is 3.00. The van der Waals surface area contributed by atoms with Crippen molar-refractivity contribution in [2.24, 2.45) is 5.92 Å². The number of carbonyl (C=O) groups excluding carboxylic acids is 2. The van der Waals surface area contributed by atoms with Gasteiger partial charge in [-0.15, -0.1) is 10.2 Å². The van der Waals surface area contributed by atoms with Crippen molar-refractivity contribution < 1.29 is 9.59 Å². The van der Waals surface area contributed by atoms with E-state index >= 15 is 0 Å². The van der Waals surface area contributed by atoms with Crippen LogP contribution < -0.4 is 10.6 Å². The molecule has 0 saturated heterocycles. The van der Waals surface area contributed by atoms with Gasteiger partial charge in [0, 0.05) is 12.0 Å². The Balaban J connectivity index is 2.10. The fraction of sp³-hybridized carbons (Fsp3) is 0.444. The Bertz CT molecular complexity index is 727. The number of nitrogens with zero attached hydrogens (tertiary/aromatic N) is 2. The summed E-state index contributed by atoms with van der Waals surface area (Å²) >= 11 is 1.31. The summed E-state index contributed by atoms with van der Waals surface area (Å²) in [4.78, 5) is 24.3. The van der Waals surface area contributed by atoms with Crippen LogP contribution in [0.15, 0.2) is 24.3 Å². The molecule has 134 valence electrons. The molecule has 0 aliphatic heterocycles. The molecule has 0 aliphatic carbocycles. The average molecular weight is 360 g/mol. The lowest BCUT2D eigenvalue weighted by molar-refractivity contribution is -0.127. The van der Waals surface area contributed by atoms with Crippen molar-refractivity contribution in [3.63, 3.8) is 0 Å². The lowest BCUT2D eigenvalue weighted by Crippen LogP contribution is -2.47. The summed E-state index contributed by atoms with van der Waals surface area (Å²) in [6, 6.07) is 7.39. The van der Waals surface area contributed by atoms with Gasteiger partial charge in [-0.3, -0.25) is 14.9 Å². The number of hydrogen-bond acceptors (Lipinski definition) is 5. The van der Waals surface area contributed by atoms with E-state index in [1.807, 2.05) is 45.0 Å². The summed E-state index contributed by atoms with van der Waals surface area (Å²) in [5, 5.41) is 14.9. The number of carbonyl (C=O) groups is 2. The first-order valence-electron chi connectivity index (χ1n) is 8.45. The van der Waals surface area contributed by atoms with Gasteiger partial charge in [-0.05, 0) is 12.8 Å². The van der Waals surface area contributed by atoms with Gasteiger partial charge < -0.3 is 5.32 Å². The number of amides is 2. The largest absolute Gasteiger partial charge is 0.344 e. The van der Waals surface area contributed by atoms with Crippen LogP contribution in [0, 0.1) is 12.8 Å². The summed E-state index contributed by atoms with van der Waals surface area (Å²) in [6.07, 6.45) is 1.13. The molecular weight excluding hydrogens is 336 g/mol. The monoisotopic (exact) mass is 360 g/mol. The van der Waals surface area contributed by atoms with Crippen molar-refractivity contribution in [3.05, 3.63) is 29.8 Å². The quantitative estimate of drug-likeness (QED) is 0.793. The smallest absolute Gasteiger partial charge is 0.249 e. The molecular formula is C18H24N4O2S. The molecule has 1 aromatic carbocycles. The van der Waals surface area contributed by atoms with Crippen LogP contribution >= 0.6 is 11.3 Å². The van der Waals surface area contributed by atoms with E-state index in [9.17, 15) is 9.59 Å². The van der Waals surface area contributed by atoms with Crippen LogP contribution in [0.5, 0.6) is 0 Å². The molecule has 0 bridgehead atoms. The maximum atomic E-state index is 12.6. The first kappa shape index (κ1) is 19.1. The predicted octanol–water partition coefficient (Wildman–Crippen LogP) is 3.39. The topological polar surface area (TPSA) is 84.0 Å². The van der Waals surface area contributed by atoms with E-state index in [0.29, 0.717) is 11.6 Å². The van der Waals surface area contributed by atoms with Gasteiger partial charge in [-0.2, -0.15) is 0 Å². The molecule has 2 amide bonds. The van der Waals surface area contributed by atoms with E-state index in [1.54, 1.807) is 6.92 Å². The molecule has 0 unspecified atom stereocenters. The van der Waals surface area contributed by atoms with Crippen LogP contribution in [0.1, 0.15) is 39.2 Å². The van der Waals surface area contributed by atoms with Crippen LogP contribution in [-0.4, -0.2) is 28.1 Å². The Morgan fingerprint density at radius 2 is 1.84 bits per heavy atom. The zero-order chi connectivity index (χ0) is 18.4. The van der Waals surface area contributed by atoms with Crippen LogP contribution in [0.3, 0.4) is 0 Å². The van der Waals surface area contributed by atoms with E-state index < -0.39 is 6.04 Å². The van der Waals surface area contributed by atoms with Gasteiger partial charge in [0.2, 0.25) is 16.9 Å². The van der Waals surface area contributed by atoms with Gasteiger partial charge in [-0.1, -0.05) is 68.4 Å². The molecule has 1 heterocycles. The molecule has 25 heavy (non-hydrogen) atoms. The maximum Gasteiger partial charge on any atom is 0.249 e. The number of benzene rings is 1. The highest BCUT2D eigenvalue weighted by Crippen LogP contribution is 2.26. The highest BCUT2D eigenvalue weighted by atomic mass is 32.1. The van der Waals surface area contributed by atoms with E-state index in [1.165, 1.54) is 16.9 Å². The van der Waals surface area contributed by atoms with Gasteiger partial charge >= 0.3 is 0 Å². The van der Waals surface area contributed by atoms with E-state index in [4.69, 9.17) is 0 Å². The van der Waals surface area contributed by atoms with Crippen molar-refractivity contribution in [2.45, 2.75) is 46.6 Å². The van der Waals surface area contributed by atoms with E-state index in [0.717, 1.165) is 17.0 Å². The number of rotatable bonds is 7. The van der Waals surface area contributed by atoms with Crippen LogP contribution in [0.2, 0.25) is 0 Å². The van der Waals surface area contributed by atoms with E-state index in [-0.39, 0.29) is 17.7 Å². The highest BCUT2D eigenvalue weighted by molar-refractivity contribution is 7.18. The molecule has 2 aromatic rings. The SMILES string of the molecule is CCC(=O)N[C@@H](C(=O)Nc1nnc(-c2ccc(C)cc2)s1)[C@H](C)CC. The number of hydrogen-bond donors (Lipinski definition) is 2. The standard InChI is InChI=1S/C18H24N4O2S/c1-5-12(4)15(19-14(23)6-2)16(24)20-18-22-21-17(25-18)13-9-7-11(3)8-10-13/h7-10,12,15H,5-6H2,1-4H3,(H,19,23)(H,20,22,24)/t12-,15-/m1/s1. The van der Waals surface area contributed by atoms with Gasteiger partial charge in [0.05, 0.1) is 0 Å². The van der Waals surface area contributed by atoms with Crippen molar-refractivity contribution in [3.8, 4) is 10.6 Å². The van der Waals surface area contributed by atoms with E-state index in [2.05, 4.69) is 20.8 Å². The molecule has 0 fully saturated rings. The Kier molecular flexibility index (Phi) is 6.64. The zero-order valence-electron chi connectivity index (χ0n) is 15.0. The summed E-state index contributed by atoms with van der Waals surface area (Å²) in [5.74, 6) is -0.374. The van der Waals surface area contributed by atoms with Gasteiger partial charge in [0.15, 0.2) is 0 Å². The molecule has 6 nitrogen and oxygen atoms in total. The van der Waals surface area contributed by atoms with Crippen molar-refractivity contribution in [1.29, 1.82) is 0 Å². The molecule has 2 N–H and O–H groups in total. The molecule has 0 saturated carbocycles. The number of aromatic nitrogens is 2. The molecule has 0 radical (unpaired) electrons. The normalized spacial score (nSPS) is 13.1. The third-order valence-corrected chi connectivity index (χ3v) is 4.97. The summed E-state index contributed by atoms with van der Waals surface area (Å²) in [5.41, 5.74) is 2.13. The van der Waals surface area contributed by atoms with Crippen molar-refractivity contribution in [1.82, 2.24) is 15.5 Å². The second kappa shape index (κ2) is 8.71. The van der Waals surface area contributed by atoms with Gasteiger partial charge in [0.25, 0.3) is 0 Å². The average Bonchev–Trinajstić information content (AvgIpc) is 3.07. The summed E-state index contributed by atoms with van der Waals surface area (Å²) in [6.45, 7) is 7.72. The molecule has 0 spiro atoms. The second-order valence-corrected chi connectivity index (χ2v) is 7.03. The number of nitrogens with one attached hydrogen (secondary N) is 2. The third-order valence-electron chi connectivity index (χ3n) is 4.09. The maximum absolute atomic E-state index is 12.6. The van der Waals surface area contributed by atoms with Gasteiger partial charge in [0.1, 0.15) is 11.0 Å².